The minimum atomic E-state index is -4.94. The smallest absolute Gasteiger partial charge is 0.463 e. The second-order valence-corrected chi connectivity index (χ2v) is 30.4. The largest absolute Gasteiger partial charge is 0.472 e. The highest BCUT2D eigenvalue weighted by molar-refractivity contribution is 7.47. The molecule has 0 spiro atoms. The van der Waals surface area contributed by atoms with E-state index >= 15 is 0 Å². The van der Waals surface area contributed by atoms with E-state index in [1.165, 1.54) is 83.5 Å². The fourth-order valence-corrected chi connectivity index (χ4v) is 12.6. The summed E-state index contributed by atoms with van der Waals surface area (Å²) in [6.45, 7) is 2.35. The van der Waals surface area contributed by atoms with Crippen molar-refractivity contribution in [3.05, 3.63) is 158 Å². The van der Waals surface area contributed by atoms with Gasteiger partial charge in [0.05, 0.1) is 26.4 Å². The van der Waals surface area contributed by atoms with Crippen LogP contribution in [0.4, 0.5) is 0 Å². The zero-order chi connectivity index (χ0) is 78.0. The second-order valence-electron chi connectivity index (χ2n) is 27.5. The third-order valence-corrected chi connectivity index (χ3v) is 19.1. The Bertz CT molecular complexity index is 2580. The van der Waals surface area contributed by atoms with E-state index in [4.69, 9.17) is 32.3 Å². The van der Waals surface area contributed by atoms with Crippen LogP contribution in [0.1, 0.15) is 329 Å². The molecule has 0 heterocycles. The van der Waals surface area contributed by atoms with Gasteiger partial charge in [-0.25, -0.2) is 9.13 Å². The van der Waals surface area contributed by atoms with Gasteiger partial charge >= 0.3 is 33.6 Å². The van der Waals surface area contributed by atoms with Crippen LogP contribution in [0.3, 0.4) is 0 Å². The van der Waals surface area contributed by atoms with E-state index in [9.17, 15) is 43.5 Å². The number of carbonyl (C=O) groups excluding carboxylic acids is 3. The maximum absolute atomic E-state index is 13.0. The van der Waals surface area contributed by atoms with Crippen LogP contribution in [0.2, 0.25) is 0 Å². The molecule has 16 nitrogen and oxygen atoms in total. The molecular formula is C89H150O16P2. The molecule has 0 amide bonds. The minimum absolute atomic E-state index is 0.0881. The van der Waals surface area contributed by atoms with Gasteiger partial charge in [0, 0.05) is 19.3 Å². The molecule has 0 aliphatic carbocycles. The van der Waals surface area contributed by atoms with Crippen molar-refractivity contribution in [1.82, 2.24) is 0 Å². The molecule has 0 fully saturated rings. The molecular weight excluding hydrogens is 1390 g/mol. The van der Waals surface area contributed by atoms with Crippen LogP contribution in [0.5, 0.6) is 0 Å². The molecule has 0 radical (unpaired) electrons. The van der Waals surface area contributed by atoms with E-state index in [0.717, 1.165) is 186 Å². The summed E-state index contributed by atoms with van der Waals surface area (Å²) < 4.78 is 61.3. The molecule has 0 aromatic carbocycles. The molecule has 0 aromatic heterocycles. The van der Waals surface area contributed by atoms with Crippen LogP contribution in [-0.4, -0.2) is 95.9 Å². The molecule has 4 N–H and O–H groups in total. The van der Waals surface area contributed by atoms with Crippen molar-refractivity contribution in [2.75, 3.05) is 39.6 Å². The molecule has 107 heavy (non-hydrogen) atoms. The number of phosphoric ester groups is 2. The van der Waals surface area contributed by atoms with Crippen LogP contribution in [0.15, 0.2) is 158 Å². The number of carbonyl (C=O) groups is 3. The first kappa shape index (κ1) is 102. The Morgan fingerprint density at radius 1 is 0.262 bits per heavy atom. The molecule has 0 aromatic rings. The number of phosphoric acid groups is 2. The lowest BCUT2D eigenvalue weighted by atomic mass is 10.0. The summed E-state index contributed by atoms with van der Waals surface area (Å²) in [7, 11) is -9.81. The van der Waals surface area contributed by atoms with E-state index in [2.05, 4.69) is 179 Å². The van der Waals surface area contributed by atoms with E-state index in [0.29, 0.717) is 19.3 Å². The van der Waals surface area contributed by atoms with E-state index < -0.39 is 91.5 Å². The van der Waals surface area contributed by atoms with Crippen LogP contribution >= 0.6 is 15.6 Å². The number of aliphatic hydroxyl groups excluding tert-OH is 2. The molecule has 5 unspecified atom stereocenters. The molecule has 0 saturated carbocycles. The van der Waals surface area contributed by atoms with Gasteiger partial charge in [-0.1, -0.05) is 326 Å². The van der Waals surface area contributed by atoms with Crippen LogP contribution in [0, 0.1) is 0 Å². The normalized spacial score (nSPS) is 14.7. The third-order valence-electron chi connectivity index (χ3n) is 17.2. The number of unbranched alkanes of at least 4 members (excludes halogenated alkanes) is 29. The van der Waals surface area contributed by atoms with Crippen LogP contribution < -0.4 is 0 Å². The first-order valence-electron chi connectivity index (χ1n) is 41.8. The first-order chi connectivity index (χ1) is 52.2. The van der Waals surface area contributed by atoms with E-state index in [1.54, 1.807) is 0 Å². The minimum Gasteiger partial charge on any atom is -0.463 e. The number of esters is 3. The predicted octanol–water partition coefficient (Wildman–Crippen LogP) is 25.0. The SMILES string of the molecule is CC/C=C\C/C=C\C/C=C\C/C=C\C/C=C\CCCCCCCCCCCCCCCC(=O)OCC(O)COP(=O)(O)OCC(O)COP(=O)(O)OCC(COC(=O)CCCCCCCCCCC/C=C\C/C=C\C/C=C\C/C=C\C/C=C\CC)OC(=O)CCCCCCCCC/C=C\C/C=C\C/C=C\CC. The van der Waals surface area contributed by atoms with Crippen molar-refractivity contribution >= 4 is 33.6 Å². The summed E-state index contributed by atoms with van der Waals surface area (Å²) in [5, 5.41) is 20.7. The standard InChI is InChI=1S/C89H150O16P2/c1-4-7-10-13-16-19-22-25-28-31-33-35-37-39-40-41-42-44-46-47-49-52-54-57-60-63-66-69-72-75-87(92)99-78-84(90)79-101-106(95,96)102-80-85(91)81-103-107(97,98)104-83-86(105-89(94)77-74-71-68-65-62-59-56-51-30-27-24-21-18-15-12-9-6-3)82-100-88(93)76-73-70-67-64-61-58-55-53-50-48-45-43-38-36-34-32-29-26-23-20-17-14-11-8-5-2/h7-12,16-21,25-30,33-36,39-40,43,45,84-86,90-91H,4-6,13-15,22-24,31-32,37-38,41-42,44,46-83H2,1-3H3,(H,95,96)(H,97,98)/b10-7-,11-8-,12-9-,19-16-,20-17-,21-18-,28-25-,29-26-,30-27-,35-33-,36-34-,40-39-,45-43-. The Morgan fingerprint density at radius 2 is 0.467 bits per heavy atom. The van der Waals surface area contributed by atoms with Crippen molar-refractivity contribution in [1.29, 1.82) is 0 Å². The maximum Gasteiger partial charge on any atom is 0.472 e. The van der Waals surface area contributed by atoms with Crippen molar-refractivity contribution in [3.63, 3.8) is 0 Å². The summed E-state index contributed by atoms with van der Waals surface area (Å²) in [5.41, 5.74) is 0. The lowest BCUT2D eigenvalue weighted by Gasteiger charge is -2.21. The second kappa shape index (κ2) is 80.7. The Morgan fingerprint density at radius 3 is 0.738 bits per heavy atom. The zero-order valence-electron chi connectivity index (χ0n) is 67.0. The van der Waals surface area contributed by atoms with Crippen molar-refractivity contribution < 1.29 is 75.8 Å². The number of rotatable bonds is 78. The average molecular weight is 1540 g/mol. The number of allylic oxidation sites excluding steroid dienone is 26. The van der Waals surface area contributed by atoms with Gasteiger partial charge in [-0.3, -0.25) is 32.5 Å². The topological polar surface area (TPSA) is 231 Å². The predicted molar refractivity (Wildman–Crippen MR) is 445 cm³/mol. The quantitative estimate of drug-likeness (QED) is 0.0146. The van der Waals surface area contributed by atoms with Gasteiger partial charge < -0.3 is 34.2 Å². The molecule has 0 aliphatic rings. The molecule has 0 aliphatic heterocycles. The van der Waals surface area contributed by atoms with Gasteiger partial charge in [0.25, 0.3) is 0 Å². The van der Waals surface area contributed by atoms with E-state index in [1.807, 2.05) is 0 Å². The molecule has 5 atom stereocenters. The zero-order valence-corrected chi connectivity index (χ0v) is 68.8. The van der Waals surface area contributed by atoms with Crippen LogP contribution in [-0.2, 0) is 55.8 Å². The fourth-order valence-electron chi connectivity index (χ4n) is 11.0. The highest BCUT2D eigenvalue weighted by Gasteiger charge is 2.29. The lowest BCUT2D eigenvalue weighted by Crippen LogP contribution is -2.30. The first-order valence-corrected chi connectivity index (χ1v) is 44.8. The molecule has 18 heteroatoms. The van der Waals surface area contributed by atoms with Gasteiger partial charge in [0.2, 0.25) is 0 Å². The molecule has 0 rings (SSSR count). The number of hydrogen-bond acceptors (Lipinski definition) is 14. The summed E-state index contributed by atoms with van der Waals surface area (Å²) in [6, 6.07) is 0. The van der Waals surface area contributed by atoms with Crippen LogP contribution in [0.25, 0.3) is 0 Å². The highest BCUT2D eigenvalue weighted by Crippen LogP contribution is 2.45. The highest BCUT2D eigenvalue weighted by atomic mass is 31.2. The average Bonchev–Trinajstić information content (AvgIpc) is 0.908. The monoisotopic (exact) mass is 1540 g/mol. The molecule has 612 valence electrons. The summed E-state index contributed by atoms with van der Waals surface area (Å²) in [4.78, 5) is 58.8. The third kappa shape index (κ3) is 82.0. The molecule has 0 saturated heterocycles. The van der Waals surface area contributed by atoms with Gasteiger partial charge in [-0.05, 0) is 141 Å². The van der Waals surface area contributed by atoms with Gasteiger partial charge in [0.15, 0.2) is 6.10 Å². The summed E-state index contributed by atoms with van der Waals surface area (Å²) >= 11 is 0. The van der Waals surface area contributed by atoms with E-state index in [-0.39, 0.29) is 19.3 Å². The summed E-state index contributed by atoms with van der Waals surface area (Å²) in [6.07, 6.45) is 101. The molecule has 0 bridgehead atoms. The number of hydrogen-bond donors (Lipinski definition) is 4. The van der Waals surface area contributed by atoms with Gasteiger partial charge in [-0.15, -0.1) is 0 Å². The Labute approximate surface area is 650 Å². The van der Waals surface area contributed by atoms with Gasteiger partial charge in [-0.2, -0.15) is 0 Å². The lowest BCUT2D eigenvalue weighted by molar-refractivity contribution is -0.161. The van der Waals surface area contributed by atoms with Crippen molar-refractivity contribution in [2.24, 2.45) is 0 Å². The number of aliphatic hydroxyl groups is 2. The maximum atomic E-state index is 13.0. The van der Waals surface area contributed by atoms with Crippen molar-refractivity contribution in [3.8, 4) is 0 Å². The van der Waals surface area contributed by atoms with Crippen molar-refractivity contribution in [2.45, 2.75) is 347 Å². The Hall–Kier alpha value is -4.83. The van der Waals surface area contributed by atoms with Gasteiger partial charge in [0.1, 0.15) is 25.4 Å². The Kier molecular flexibility index (Phi) is 77.0. The fraction of sp³-hybridized carbons (Fsp3) is 0.674. The summed E-state index contributed by atoms with van der Waals surface area (Å²) in [5.74, 6) is -1.59. The number of ether oxygens (including phenoxy) is 3. The Balaban J connectivity index is 4.58.